The number of hydrogen-bond acceptors (Lipinski definition) is 5. The molecule has 92 valence electrons. The van der Waals surface area contributed by atoms with Crippen LogP contribution in [-0.4, -0.2) is 32.7 Å². The number of nitrogens with one attached hydrogen (secondary N) is 2. The summed E-state index contributed by atoms with van der Waals surface area (Å²) in [5.74, 6) is 0.0815. The Labute approximate surface area is 100 Å². The maximum Gasteiger partial charge on any atom is 0.213 e. The largest absolute Gasteiger partial charge is 0.319 e. The molecule has 1 heterocycles. The molecule has 0 aliphatic heterocycles. The number of hydrogen-bond donors (Lipinski definition) is 2. The zero-order valence-corrected chi connectivity index (χ0v) is 11.3. The highest BCUT2D eigenvalue weighted by Gasteiger charge is 2.17. The Morgan fingerprint density at radius 3 is 2.75 bits per heavy atom. The fourth-order valence-corrected chi connectivity index (χ4v) is 3.28. The van der Waals surface area contributed by atoms with Gasteiger partial charge in [0.2, 0.25) is 10.0 Å². The molecule has 0 saturated heterocycles. The summed E-state index contributed by atoms with van der Waals surface area (Å²) in [6.07, 6.45) is 1.75. The minimum atomic E-state index is -3.23. The van der Waals surface area contributed by atoms with Gasteiger partial charge in [0.1, 0.15) is 5.01 Å². The number of nitrogens with zero attached hydrogens (tertiary/aromatic N) is 1. The first kappa shape index (κ1) is 13.6. The summed E-state index contributed by atoms with van der Waals surface area (Å²) in [6, 6.07) is -0.263. The molecule has 0 spiro atoms. The molecule has 0 amide bonds. The van der Waals surface area contributed by atoms with E-state index < -0.39 is 10.0 Å². The molecular formula is C9H17N3O2S2. The Hall–Kier alpha value is -0.500. The van der Waals surface area contributed by atoms with Crippen LogP contribution in [0.1, 0.15) is 22.9 Å². The highest BCUT2D eigenvalue weighted by molar-refractivity contribution is 7.89. The van der Waals surface area contributed by atoms with Gasteiger partial charge in [-0.25, -0.2) is 18.1 Å². The lowest BCUT2D eigenvalue weighted by molar-refractivity contribution is 0.564. The monoisotopic (exact) mass is 263 g/mol. The van der Waals surface area contributed by atoms with E-state index in [1.807, 2.05) is 6.92 Å². The third kappa shape index (κ3) is 4.17. The van der Waals surface area contributed by atoms with Gasteiger partial charge < -0.3 is 5.32 Å². The van der Waals surface area contributed by atoms with Crippen molar-refractivity contribution < 1.29 is 8.42 Å². The van der Waals surface area contributed by atoms with Gasteiger partial charge in [-0.15, -0.1) is 11.3 Å². The SMILES string of the molecule is CNCCS(=O)(=O)NC(C)c1ncc(C)s1. The van der Waals surface area contributed by atoms with Gasteiger partial charge in [-0.3, -0.25) is 0 Å². The lowest BCUT2D eigenvalue weighted by atomic mass is 10.4. The normalized spacial score (nSPS) is 13.9. The lowest BCUT2D eigenvalue weighted by Crippen LogP contribution is -2.32. The van der Waals surface area contributed by atoms with Crippen LogP contribution in [0.25, 0.3) is 0 Å². The van der Waals surface area contributed by atoms with E-state index in [2.05, 4.69) is 15.0 Å². The predicted octanol–water partition coefficient (Wildman–Crippen LogP) is 0.651. The molecule has 1 aromatic heterocycles. The van der Waals surface area contributed by atoms with Crippen LogP contribution in [-0.2, 0) is 10.0 Å². The van der Waals surface area contributed by atoms with Crippen LogP contribution in [0.4, 0.5) is 0 Å². The second-order valence-corrected chi connectivity index (χ2v) is 6.71. The van der Waals surface area contributed by atoms with Gasteiger partial charge in [0, 0.05) is 17.6 Å². The molecule has 0 fully saturated rings. The zero-order valence-electron chi connectivity index (χ0n) is 9.65. The molecule has 0 radical (unpaired) electrons. The smallest absolute Gasteiger partial charge is 0.213 e. The summed E-state index contributed by atoms with van der Waals surface area (Å²) in [4.78, 5) is 5.24. The summed E-state index contributed by atoms with van der Waals surface area (Å²) in [5.41, 5.74) is 0. The van der Waals surface area contributed by atoms with Crippen LogP contribution in [0.3, 0.4) is 0 Å². The first-order valence-corrected chi connectivity index (χ1v) is 7.48. The van der Waals surface area contributed by atoms with Gasteiger partial charge in [-0.2, -0.15) is 0 Å². The second-order valence-electron chi connectivity index (χ2n) is 3.57. The average Bonchev–Trinajstić information content (AvgIpc) is 2.61. The molecular weight excluding hydrogens is 246 g/mol. The van der Waals surface area contributed by atoms with Crippen molar-refractivity contribution in [3.05, 3.63) is 16.1 Å². The van der Waals surface area contributed by atoms with Crippen molar-refractivity contribution in [2.45, 2.75) is 19.9 Å². The standard InChI is InChI=1S/C9H17N3O2S2/c1-7-6-11-9(15-7)8(2)12-16(13,14)5-4-10-3/h6,8,10,12H,4-5H2,1-3H3. The zero-order chi connectivity index (χ0) is 12.2. The quantitative estimate of drug-likeness (QED) is 0.790. The van der Waals surface area contributed by atoms with E-state index in [0.29, 0.717) is 6.54 Å². The van der Waals surface area contributed by atoms with Crippen molar-refractivity contribution in [2.24, 2.45) is 0 Å². The molecule has 5 nitrogen and oxygen atoms in total. The first-order chi connectivity index (χ1) is 7.44. The van der Waals surface area contributed by atoms with Crippen LogP contribution < -0.4 is 10.0 Å². The molecule has 0 bridgehead atoms. The third-order valence-electron chi connectivity index (χ3n) is 1.99. The molecule has 7 heteroatoms. The van der Waals surface area contributed by atoms with Gasteiger partial charge in [0.25, 0.3) is 0 Å². The molecule has 1 rings (SSSR count). The molecule has 16 heavy (non-hydrogen) atoms. The number of rotatable bonds is 6. The molecule has 0 aromatic carbocycles. The third-order valence-corrected chi connectivity index (χ3v) is 4.54. The van der Waals surface area contributed by atoms with E-state index in [1.54, 1.807) is 20.2 Å². The van der Waals surface area contributed by atoms with Crippen LogP contribution in [0, 0.1) is 6.92 Å². The maximum absolute atomic E-state index is 11.6. The van der Waals surface area contributed by atoms with E-state index in [0.717, 1.165) is 9.88 Å². The Morgan fingerprint density at radius 2 is 2.25 bits per heavy atom. The summed E-state index contributed by atoms with van der Waals surface area (Å²) >= 11 is 1.51. The molecule has 1 unspecified atom stereocenters. The Kier molecular flexibility index (Phi) is 4.85. The summed E-state index contributed by atoms with van der Waals surface area (Å²) in [7, 11) is -1.50. The van der Waals surface area contributed by atoms with E-state index >= 15 is 0 Å². The molecule has 1 atom stereocenters. The highest BCUT2D eigenvalue weighted by atomic mass is 32.2. The summed E-state index contributed by atoms with van der Waals surface area (Å²) in [6.45, 7) is 4.19. The van der Waals surface area contributed by atoms with Gasteiger partial charge in [-0.1, -0.05) is 0 Å². The van der Waals surface area contributed by atoms with E-state index in [1.165, 1.54) is 11.3 Å². The minimum absolute atomic E-state index is 0.0815. The van der Waals surface area contributed by atoms with Crippen LogP contribution in [0.15, 0.2) is 6.20 Å². The fraction of sp³-hybridized carbons (Fsp3) is 0.667. The topological polar surface area (TPSA) is 71.1 Å². The van der Waals surface area contributed by atoms with Crippen molar-refractivity contribution in [3.63, 3.8) is 0 Å². The Balaban J connectivity index is 2.60. The molecule has 0 aliphatic carbocycles. The van der Waals surface area contributed by atoms with Crippen LogP contribution >= 0.6 is 11.3 Å². The summed E-state index contributed by atoms with van der Waals surface area (Å²) < 4.78 is 25.8. The minimum Gasteiger partial charge on any atom is -0.319 e. The second kappa shape index (κ2) is 5.72. The predicted molar refractivity (Wildman–Crippen MR) is 66.1 cm³/mol. The van der Waals surface area contributed by atoms with E-state index in [4.69, 9.17) is 0 Å². The number of aromatic nitrogens is 1. The lowest BCUT2D eigenvalue weighted by Gasteiger charge is -2.11. The number of sulfonamides is 1. The average molecular weight is 263 g/mol. The fourth-order valence-electron chi connectivity index (χ4n) is 1.19. The van der Waals surface area contributed by atoms with Gasteiger partial charge in [-0.05, 0) is 20.9 Å². The van der Waals surface area contributed by atoms with Crippen molar-refractivity contribution >= 4 is 21.4 Å². The highest BCUT2D eigenvalue weighted by Crippen LogP contribution is 2.19. The van der Waals surface area contributed by atoms with Crippen LogP contribution in [0.2, 0.25) is 0 Å². The number of aryl methyl sites for hydroxylation is 1. The molecule has 2 N–H and O–H groups in total. The van der Waals surface area contributed by atoms with Crippen molar-refractivity contribution in [3.8, 4) is 0 Å². The molecule has 0 aliphatic rings. The molecule has 1 aromatic rings. The molecule has 0 saturated carbocycles. The summed E-state index contributed by atoms with van der Waals surface area (Å²) in [5, 5.41) is 3.61. The van der Waals surface area contributed by atoms with Gasteiger partial charge >= 0.3 is 0 Å². The first-order valence-electron chi connectivity index (χ1n) is 5.01. The van der Waals surface area contributed by atoms with Crippen molar-refractivity contribution in [1.29, 1.82) is 0 Å². The van der Waals surface area contributed by atoms with Gasteiger partial charge in [0.15, 0.2) is 0 Å². The Morgan fingerprint density at radius 1 is 1.56 bits per heavy atom. The van der Waals surface area contributed by atoms with E-state index in [-0.39, 0.29) is 11.8 Å². The van der Waals surface area contributed by atoms with Crippen molar-refractivity contribution in [1.82, 2.24) is 15.0 Å². The van der Waals surface area contributed by atoms with Crippen LogP contribution in [0.5, 0.6) is 0 Å². The van der Waals surface area contributed by atoms with E-state index in [9.17, 15) is 8.42 Å². The van der Waals surface area contributed by atoms with Gasteiger partial charge in [0.05, 0.1) is 11.8 Å². The number of thiazole rings is 1. The maximum atomic E-state index is 11.6. The Bertz CT molecular complexity index is 428. The van der Waals surface area contributed by atoms with Crippen molar-refractivity contribution in [2.75, 3.05) is 19.3 Å².